The topological polar surface area (TPSA) is 116 Å². The molecule has 0 spiro atoms. The predicted octanol–water partition coefficient (Wildman–Crippen LogP) is 3.49. The van der Waals surface area contributed by atoms with Gasteiger partial charge >= 0.3 is 0 Å². The summed E-state index contributed by atoms with van der Waals surface area (Å²) >= 11 is 3.39. The molecule has 0 aliphatic heterocycles. The Morgan fingerprint density at radius 1 is 1.28 bits per heavy atom. The third-order valence-electron chi connectivity index (χ3n) is 4.21. The van der Waals surface area contributed by atoms with Gasteiger partial charge < -0.3 is 15.7 Å². The summed E-state index contributed by atoms with van der Waals surface area (Å²) in [6.45, 7) is 6.43. The summed E-state index contributed by atoms with van der Waals surface area (Å²) < 4.78 is 28.3. The number of benzene rings is 1. The van der Waals surface area contributed by atoms with E-state index in [2.05, 4.69) is 41.3 Å². The van der Waals surface area contributed by atoms with Crippen molar-refractivity contribution in [1.82, 2.24) is 14.7 Å². The number of aliphatic hydroxyl groups is 1. The van der Waals surface area contributed by atoms with Gasteiger partial charge in [-0.05, 0) is 52.9 Å². The van der Waals surface area contributed by atoms with Crippen molar-refractivity contribution in [3.05, 3.63) is 34.9 Å². The van der Waals surface area contributed by atoms with Gasteiger partial charge in [-0.15, -0.1) is 0 Å². The van der Waals surface area contributed by atoms with Gasteiger partial charge in [-0.3, -0.25) is 0 Å². The molecule has 10 heteroatoms. The second kappa shape index (κ2) is 10.9. The van der Waals surface area contributed by atoms with E-state index in [0.29, 0.717) is 34.4 Å². The highest BCUT2D eigenvalue weighted by atomic mass is 79.9. The van der Waals surface area contributed by atoms with Crippen LogP contribution in [0.2, 0.25) is 0 Å². The molecule has 1 aromatic carbocycles. The first-order valence-electron chi connectivity index (χ1n) is 9.51. The second-order valence-electron chi connectivity index (χ2n) is 7.06. The summed E-state index contributed by atoms with van der Waals surface area (Å²) in [5.41, 5.74) is 0.555. The van der Waals surface area contributed by atoms with Gasteiger partial charge in [-0.1, -0.05) is 26.8 Å². The molecule has 160 valence electrons. The maximum atomic E-state index is 12.5. The Balaban J connectivity index is 2.16. The zero-order chi connectivity index (χ0) is 21.4. The van der Waals surface area contributed by atoms with Crippen LogP contribution in [-0.4, -0.2) is 42.7 Å². The maximum absolute atomic E-state index is 12.5. The fraction of sp³-hybridized carbons (Fsp3) is 0.474. The van der Waals surface area contributed by atoms with E-state index < -0.39 is 10.0 Å². The average Bonchev–Trinajstić information content (AvgIpc) is 2.68. The smallest absolute Gasteiger partial charge is 0.240 e. The first-order chi connectivity index (χ1) is 13.7. The summed E-state index contributed by atoms with van der Waals surface area (Å²) in [6, 6.07) is 6.37. The lowest BCUT2D eigenvalue weighted by Crippen LogP contribution is -2.25. The zero-order valence-corrected chi connectivity index (χ0v) is 19.2. The Bertz CT molecular complexity index is 904. The molecule has 1 heterocycles. The van der Waals surface area contributed by atoms with Crippen LogP contribution in [0.15, 0.2) is 39.8 Å². The van der Waals surface area contributed by atoms with Gasteiger partial charge in [0.05, 0.1) is 22.0 Å². The molecule has 0 unspecified atom stereocenters. The van der Waals surface area contributed by atoms with Gasteiger partial charge in [0, 0.05) is 18.4 Å². The Morgan fingerprint density at radius 3 is 2.69 bits per heavy atom. The molecule has 1 aromatic heterocycles. The normalized spacial score (nSPS) is 12.8. The van der Waals surface area contributed by atoms with Crippen molar-refractivity contribution in [2.75, 3.05) is 23.8 Å². The van der Waals surface area contributed by atoms with Crippen LogP contribution in [0.25, 0.3) is 0 Å². The SMILES string of the molecule is CC[C@H](CO)Nc1nc(Nc2cccc(S(=O)(=O)NCCC(C)C)c2)ncc1Br. The highest BCUT2D eigenvalue weighted by molar-refractivity contribution is 9.10. The van der Waals surface area contributed by atoms with Gasteiger partial charge in [-0.25, -0.2) is 18.1 Å². The van der Waals surface area contributed by atoms with Gasteiger partial charge in [-0.2, -0.15) is 4.98 Å². The summed E-state index contributed by atoms with van der Waals surface area (Å²) in [5.74, 6) is 1.27. The molecule has 0 fully saturated rings. The lowest BCUT2D eigenvalue weighted by Gasteiger charge is -2.16. The summed E-state index contributed by atoms with van der Waals surface area (Å²) in [4.78, 5) is 8.80. The Hall–Kier alpha value is -1.75. The first kappa shape index (κ1) is 23.5. The number of aromatic nitrogens is 2. The van der Waals surface area contributed by atoms with Crippen LogP contribution < -0.4 is 15.4 Å². The Labute approximate surface area is 180 Å². The van der Waals surface area contributed by atoms with Gasteiger partial charge in [0.25, 0.3) is 0 Å². The number of nitrogens with zero attached hydrogens (tertiary/aromatic N) is 2. The van der Waals surface area contributed by atoms with Crippen molar-refractivity contribution in [2.45, 2.75) is 44.6 Å². The van der Waals surface area contributed by atoms with E-state index in [9.17, 15) is 13.5 Å². The summed E-state index contributed by atoms with van der Waals surface area (Å²) in [5, 5.41) is 15.6. The number of hydrogen-bond acceptors (Lipinski definition) is 7. The molecular weight excluding hydrogens is 458 g/mol. The van der Waals surface area contributed by atoms with E-state index in [4.69, 9.17) is 0 Å². The van der Waals surface area contributed by atoms with Crippen LogP contribution in [-0.2, 0) is 10.0 Å². The number of anilines is 3. The molecule has 4 N–H and O–H groups in total. The molecule has 0 bridgehead atoms. The molecule has 0 amide bonds. The van der Waals surface area contributed by atoms with Crippen LogP contribution in [0.4, 0.5) is 17.5 Å². The summed E-state index contributed by atoms with van der Waals surface area (Å²) in [6.07, 6.45) is 3.10. The molecule has 0 aliphatic rings. The van der Waals surface area contributed by atoms with E-state index in [1.54, 1.807) is 30.5 Å². The van der Waals surface area contributed by atoms with Crippen molar-refractivity contribution in [2.24, 2.45) is 5.92 Å². The van der Waals surface area contributed by atoms with Crippen molar-refractivity contribution in [3.8, 4) is 0 Å². The number of rotatable bonds is 11. The number of halogens is 1. The average molecular weight is 486 g/mol. The number of aliphatic hydroxyl groups excluding tert-OH is 1. The highest BCUT2D eigenvalue weighted by Crippen LogP contribution is 2.24. The third kappa shape index (κ3) is 7.22. The highest BCUT2D eigenvalue weighted by Gasteiger charge is 2.15. The van der Waals surface area contributed by atoms with Crippen LogP contribution in [0.1, 0.15) is 33.6 Å². The van der Waals surface area contributed by atoms with Crippen molar-refractivity contribution in [1.29, 1.82) is 0 Å². The van der Waals surface area contributed by atoms with E-state index in [0.717, 1.165) is 12.8 Å². The van der Waals surface area contributed by atoms with E-state index in [1.165, 1.54) is 0 Å². The number of sulfonamides is 1. The van der Waals surface area contributed by atoms with Crippen LogP contribution in [0.3, 0.4) is 0 Å². The molecule has 0 saturated carbocycles. The fourth-order valence-corrected chi connectivity index (χ4v) is 3.83. The predicted molar refractivity (Wildman–Crippen MR) is 119 cm³/mol. The zero-order valence-electron chi connectivity index (χ0n) is 16.8. The fourth-order valence-electron chi connectivity index (χ4n) is 2.43. The Morgan fingerprint density at radius 2 is 2.03 bits per heavy atom. The number of nitrogens with one attached hydrogen (secondary N) is 3. The molecule has 0 radical (unpaired) electrons. The minimum atomic E-state index is -3.59. The van der Waals surface area contributed by atoms with Crippen LogP contribution in [0.5, 0.6) is 0 Å². The summed E-state index contributed by atoms with van der Waals surface area (Å²) in [7, 11) is -3.59. The standard InChI is InChI=1S/C19H28BrN5O3S/c1-4-14(12-26)23-18-17(20)11-21-19(25-18)24-15-6-5-7-16(10-15)29(27,28)22-9-8-13(2)3/h5-7,10-11,13-14,22,26H,4,8-9,12H2,1-3H3,(H2,21,23,24,25)/t14-/m1/s1. The molecule has 0 aliphatic carbocycles. The monoisotopic (exact) mass is 485 g/mol. The number of hydrogen-bond donors (Lipinski definition) is 4. The van der Waals surface area contributed by atoms with Gasteiger partial charge in [0.2, 0.25) is 16.0 Å². The maximum Gasteiger partial charge on any atom is 0.240 e. The molecule has 2 rings (SSSR count). The van der Waals surface area contributed by atoms with Crippen molar-refractivity contribution < 1.29 is 13.5 Å². The third-order valence-corrected chi connectivity index (χ3v) is 6.25. The lowest BCUT2D eigenvalue weighted by molar-refractivity contribution is 0.271. The lowest BCUT2D eigenvalue weighted by atomic mass is 10.1. The molecule has 29 heavy (non-hydrogen) atoms. The van der Waals surface area contributed by atoms with Crippen LogP contribution >= 0.6 is 15.9 Å². The van der Waals surface area contributed by atoms with E-state index in [1.807, 2.05) is 20.8 Å². The molecule has 0 saturated heterocycles. The van der Waals surface area contributed by atoms with Gasteiger partial charge in [0.15, 0.2) is 0 Å². The van der Waals surface area contributed by atoms with E-state index in [-0.39, 0.29) is 17.5 Å². The molecular formula is C19H28BrN5O3S. The minimum absolute atomic E-state index is 0.0145. The quantitative estimate of drug-likeness (QED) is 0.384. The van der Waals surface area contributed by atoms with E-state index >= 15 is 0 Å². The molecule has 2 aromatic rings. The van der Waals surface area contributed by atoms with Crippen molar-refractivity contribution >= 4 is 43.4 Å². The van der Waals surface area contributed by atoms with Crippen LogP contribution in [0, 0.1) is 5.92 Å². The van der Waals surface area contributed by atoms with Crippen molar-refractivity contribution in [3.63, 3.8) is 0 Å². The van der Waals surface area contributed by atoms with Gasteiger partial charge in [0.1, 0.15) is 5.82 Å². The molecule has 8 nitrogen and oxygen atoms in total. The molecule has 1 atom stereocenters. The second-order valence-corrected chi connectivity index (χ2v) is 9.68. The Kier molecular flexibility index (Phi) is 8.81. The minimum Gasteiger partial charge on any atom is -0.394 e. The largest absolute Gasteiger partial charge is 0.394 e. The first-order valence-corrected chi connectivity index (χ1v) is 11.8.